The molecule has 7 unspecified atom stereocenters. The van der Waals surface area contributed by atoms with Gasteiger partial charge in [0.05, 0.1) is 18.7 Å². The molecule has 0 spiro atoms. The lowest BCUT2D eigenvalue weighted by Gasteiger charge is -2.47. The quantitative estimate of drug-likeness (QED) is 0.423. The number of hydrogen-bond donors (Lipinski definition) is 5. The number of alkyl halides is 1. The summed E-state index contributed by atoms with van der Waals surface area (Å²) in [5.41, 5.74) is 3.56. The lowest BCUT2D eigenvalue weighted by Crippen LogP contribution is -2.70. The third-order valence-corrected chi connectivity index (χ3v) is 8.46. The predicted octanol–water partition coefficient (Wildman–Crippen LogP) is 1.04. The number of halogens is 1. The summed E-state index contributed by atoms with van der Waals surface area (Å²) >= 11 is 0. The second-order valence-corrected chi connectivity index (χ2v) is 11.3. The molecular weight excluding hydrogens is 449 g/mol. The molecule has 1 amide bonds. The molecule has 192 valence electrons. The Kier molecular flexibility index (Phi) is 6.02. The van der Waals surface area contributed by atoms with E-state index in [9.17, 15) is 4.79 Å². The maximum atomic E-state index is 15.5. The van der Waals surface area contributed by atoms with Gasteiger partial charge in [-0.3, -0.25) is 20.7 Å². The van der Waals surface area contributed by atoms with Gasteiger partial charge in [0, 0.05) is 30.2 Å². The summed E-state index contributed by atoms with van der Waals surface area (Å²) in [6.45, 7) is 9.11. The van der Waals surface area contributed by atoms with Crippen molar-refractivity contribution in [1.82, 2.24) is 31.3 Å². The number of nitrogens with zero attached hydrogens (tertiary/aromatic N) is 2. The number of anilines is 1. The van der Waals surface area contributed by atoms with Gasteiger partial charge in [0.2, 0.25) is 5.91 Å². The smallest absolute Gasteiger partial charge is 0.246 e. The Bertz CT molecular complexity index is 977. The zero-order chi connectivity index (χ0) is 24.3. The first-order chi connectivity index (χ1) is 16.8. The van der Waals surface area contributed by atoms with Crippen molar-refractivity contribution in [1.29, 1.82) is 0 Å². The molecule has 35 heavy (non-hydrogen) atoms. The molecule has 5 aliphatic heterocycles. The van der Waals surface area contributed by atoms with E-state index in [1.165, 1.54) is 11.1 Å². The second-order valence-electron chi connectivity index (χ2n) is 11.3. The molecule has 4 fully saturated rings. The first kappa shape index (κ1) is 23.6. The van der Waals surface area contributed by atoms with Crippen LogP contribution in [0, 0.1) is 11.3 Å². The van der Waals surface area contributed by atoms with E-state index in [0.717, 1.165) is 31.6 Å². The van der Waals surface area contributed by atoms with Crippen LogP contribution in [0.15, 0.2) is 18.2 Å². The van der Waals surface area contributed by atoms with E-state index in [2.05, 4.69) is 58.6 Å². The number of hydrazine groups is 1. The molecule has 10 heteroatoms. The van der Waals surface area contributed by atoms with E-state index in [4.69, 9.17) is 4.74 Å². The van der Waals surface area contributed by atoms with Crippen molar-refractivity contribution in [2.24, 2.45) is 11.3 Å². The fourth-order valence-corrected chi connectivity index (χ4v) is 6.35. The van der Waals surface area contributed by atoms with E-state index in [-0.39, 0.29) is 35.7 Å². The Morgan fingerprint density at radius 1 is 1.17 bits per heavy atom. The van der Waals surface area contributed by atoms with Crippen LogP contribution in [0.4, 0.5) is 10.1 Å². The molecular formula is C25H38FN7O2. The van der Waals surface area contributed by atoms with Gasteiger partial charge < -0.3 is 15.4 Å². The average Bonchev–Trinajstić information content (AvgIpc) is 3.15. The number of amides is 1. The lowest BCUT2D eigenvalue weighted by atomic mass is 9.80. The summed E-state index contributed by atoms with van der Waals surface area (Å²) in [5, 5.41) is 21.1. The van der Waals surface area contributed by atoms with E-state index in [1.807, 2.05) is 11.9 Å². The molecule has 9 nitrogen and oxygen atoms in total. The fraction of sp³-hybridized carbons (Fsp3) is 0.720. The molecule has 1 aromatic carbocycles. The minimum Gasteiger partial charge on any atom is -0.358 e. The Morgan fingerprint density at radius 2 is 2.03 bits per heavy atom. The van der Waals surface area contributed by atoms with E-state index in [1.54, 1.807) is 5.01 Å². The number of hydrogen-bond acceptors (Lipinski definition) is 8. The van der Waals surface area contributed by atoms with Gasteiger partial charge in [-0.2, -0.15) is 5.01 Å². The lowest BCUT2D eigenvalue weighted by molar-refractivity contribution is -0.190. The molecule has 5 N–H and O–H groups in total. The van der Waals surface area contributed by atoms with Gasteiger partial charge in [-0.25, -0.2) is 9.40 Å². The standard InChI is InChI=1S/C25H38FN7O2/c1-14-32-23(34)18-12-28-24(29-17-5-4-16-11-27-9-8-15(16)10-17)31-21(18)33(32)22-19(26)6-7-20(30-22)25(2,3)13-35-14/h4-5,10,14,18-22,24,27-31H,6-9,11-13H2,1-3H3. The minimum atomic E-state index is -1.07. The molecule has 6 rings (SSSR count). The van der Waals surface area contributed by atoms with Crippen LogP contribution in [-0.2, 0) is 22.5 Å². The predicted molar refractivity (Wildman–Crippen MR) is 130 cm³/mol. The number of benzene rings is 1. The summed E-state index contributed by atoms with van der Waals surface area (Å²) in [6, 6.07) is 6.58. The topological polar surface area (TPSA) is 92.9 Å². The monoisotopic (exact) mass is 487 g/mol. The Morgan fingerprint density at radius 3 is 2.89 bits per heavy atom. The maximum Gasteiger partial charge on any atom is 0.246 e. The van der Waals surface area contributed by atoms with Crippen LogP contribution in [0.3, 0.4) is 0 Å². The normalized spacial score (nSPS) is 39.0. The molecule has 5 heterocycles. The molecule has 5 aliphatic rings. The number of carbonyl (C=O) groups is 1. The molecule has 0 saturated carbocycles. The Hall–Kier alpha value is -1.82. The molecule has 4 saturated heterocycles. The van der Waals surface area contributed by atoms with Gasteiger partial charge in [-0.1, -0.05) is 19.9 Å². The molecule has 7 atom stereocenters. The number of piperidine rings is 1. The van der Waals surface area contributed by atoms with Crippen molar-refractivity contribution in [2.75, 3.05) is 25.0 Å². The fourth-order valence-electron chi connectivity index (χ4n) is 6.35. The van der Waals surface area contributed by atoms with Gasteiger partial charge in [0.1, 0.15) is 24.9 Å². The zero-order valence-corrected chi connectivity index (χ0v) is 20.8. The van der Waals surface area contributed by atoms with Crippen LogP contribution in [0.5, 0.6) is 0 Å². The SMILES string of the molecule is CC1OCC(C)(C)C2CCC(F)C(N2)N2C3NC(Nc4ccc5c(c4)CCNC5)NCC3C(=O)N12. The van der Waals surface area contributed by atoms with E-state index in [0.29, 0.717) is 19.6 Å². The Labute approximate surface area is 206 Å². The van der Waals surface area contributed by atoms with Crippen LogP contribution in [0.25, 0.3) is 0 Å². The maximum absolute atomic E-state index is 15.5. The van der Waals surface area contributed by atoms with Gasteiger partial charge >= 0.3 is 0 Å². The first-order valence-electron chi connectivity index (χ1n) is 13.0. The van der Waals surface area contributed by atoms with Crippen molar-refractivity contribution >= 4 is 11.6 Å². The number of rotatable bonds is 2. The van der Waals surface area contributed by atoms with E-state index < -0.39 is 18.6 Å². The molecule has 1 aromatic rings. The van der Waals surface area contributed by atoms with Crippen LogP contribution in [0.2, 0.25) is 0 Å². The second kappa shape index (κ2) is 8.93. The molecule has 0 aromatic heterocycles. The summed E-state index contributed by atoms with van der Waals surface area (Å²) < 4.78 is 21.7. The third kappa shape index (κ3) is 4.14. The van der Waals surface area contributed by atoms with Crippen LogP contribution < -0.4 is 26.6 Å². The number of nitrogens with one attached hydrogen (secondary N) is 5. The Balaban J connectivity index is 1.26. The number of ether oxygens (including phenoxy) is 1. The highest BCUT2D eigenvalue weighted by molar-refractivity contribution is 5.82. The summed E-state index contributed by atoms with van der Waals surface area (Å²) in [7, 11) is 0. The number of carbonyl (C=O) groups excluding carboxylic acids is 1. The highest BCUT2D eigenvalue weighted by atomic mass is 19.1. The van der Waals surface area contributed by atoms with Gasteiger partial charge in [-0.15, -0.1) is 0 Å². The highest BCUT2D eigenvalue weighted by Crippen LogP contribution is 2.38. The number of fused-ring (bicyclic) bond motifs is 7. The van der Waals surface area contributed by atoms with Gasteiger partial charge in [-0.05, 0) is 56.0 Å². The van der Waals surface area contributed by atoms with Crippen LogP contribution in [-0.4, -0.2) is 72.7 Å². The summed E-state index contributed by atoms with van der Waals surface area (Å²) in [4.78, 5) is 13.6. The molecule has 0 aliphatic carbocycles. The van der Waals surface area contributed by atoms with Gasteiger partial charge in [0.15, 0.2) is 0 Å². The van der Waals surface area contributed by atoms with Crippen LogP contribution in [0.1, 0.15) is 44.7 Å². The average molecular weight is 488 g/mol. The van der Waals surface area contributed by atoms with Crippen molar-refractivity contribution in [3.8, 4) is 0 Å². The summed E-state index contributed by atoms with van der Waals surface area (Å²) in [5.74, 6) is -0.353. The van der Waals surface area contributed by atoms with Crippen molar-refractivity contribution in [3.05, 3.63) is 29.3 Å². The zero-order valence-electron chi connectivity index (χ0n) is 20.8. The summed E-state index contributed by atoms with van der Waals surface area (Å²) in [6.07, 6.45) is -0.476. The highest BCUT2D eigenvalue weighted by Gasteiger charge is 2.57. The minimum absolute atomic E-state index is 0.0296. The van der Waals surface area contributed by atoms with Gasteiger partial charge in [0.25, 0.3) is 0 Å². The largest absolute Gasteiger partial charge is 0.358 e. The van der Waals surface area contributed by atoms with Crippen molar-refractivity contribution in [3.63, 3.8) is 0 Å². The third-order valence-electron chi connectivity index (χ3n) is 8.46. The first-order valence-corrected chi connectivity index (χ1v) is 13.0. The van der Waals surface area contributed by atoms with Crippen molar-refractivity contribution in [2.45, 2.75) is 83.6 Å². The molecule has 2 bridgehead atoms. The van der Waals surface area contributed by atoms with E-state index >= 15 is 4.39 Å². The van der Waals surface area contributed by atoms with Crippen LogP contribution >= 0.6 is 0 Å². The van der Waals surface area contributed by atoms with Crippen molar-refractivity contribution < 1.29 is 13.9 Å². The molecule has 0 radical (unpaired) electrons.